The molecule has 0 fully saturated rings. The van der Waals surface area contributed by atoms with Gasteiger partial charge in [-0.25, -0.2) is 4.98 Å². The molecule has 3 aromatic heterocycles. The number of fused-ring (bicyclic) bond motifs is 3. The van der Waals surface area contributed by atoms with Gasteiger partial charge in [0.25, 0.3) is 5.89 Å². The zero-order chi connectivity index (χ0) is 19.3. The van der Waals surface area contributed by atoms with Crippen LogP contribution in [0.5, 0.6) is 0 Å². The van der Waals surface area contributed by atoms with Crippen molar-refractivity contribution < 1.29 is 4.52 Å². The molecule has 142 valence electrons. The zero-order valence-electron chi connectivity index (χ0n) is 15.7. The summed E-state index contributed by atoms with van der Waals surface area (Å²) in [6.45, 7) is 5.77. The first-order valence-corrected chi connectivity index (χ1v) is 9.80. The quantitative estimate of drug-likeness (QED) is 0.533. The second-order valence-electron chi connectivity index (χ2n) is 7.46. The molecule has 1 aliphatic heterocycles. The van der Waals surface area contributed by atoms with Crippen molar-refractivity contribution in [2.24, 2.45) is 0 Å². The number of nitrogens with zero attached hydrogens (tertiary/aromatic N) is 4. The standard InChI is InChI=1S/C21H20ClN5O/c1-12(2)20-25-21(28-26-20)13-5-7-23-19(9-13)27-8-6-18-16(11-27)15-10-14(22)3-4-17(15)24-18/h3-5,7,9-10,12,24H,6,8,11H2,1-2H3. The molecule has 4 heterocycles. The van der Waals surface area contributed by atoms with Gasteiger partial charge >= 0.3 is 0 Å². The molecule has 7 heteroatoms. The Morgan fingerprint density at radius 1 is 1.21 bits per heavy atom. The van der Waals surface area contributed by atoms with Crippen LogP contribution in [0.1, 0.15) is 36.8 Å². The van der Waals surface area contributed by atoms with Crippen LogP contribution in [0.2, 0.25) is 5.02 Å². The third-order valence-corrected chi connectivity index (χ3v) is 5.45. The van der Waals surface area contributed by atoms with E-state index in [9.17, 15) is 0 Å². The van der Waals surface area contributed by atoms with Gasteiger partial charge < -0.3 is 14.4 Å². The number of H-pyrrole nitrogens is 1. The van der Waals surface area contributed by atoms with Crippen LogP contribution in [0.25, 0.3) is 22.4 Å². The number of benzene rings is 1. The molecule has 1 aliphatic rings. The van der Waals surface area contributed by atoms with E-state index in [0.29, 0.717) is 11.7 Å². The molecule has 0 radical (unpaired) electrons. The highest BCUT2D eigenvalue weighted by Gasteiger charge is 2.22. The van der Waals surface area contributed by atoms with Crippen molar-refractivity contribution in [3.05, 3.63) is 58.6 Å². The minimum atomic E-state index is 0.230. The van der Waals surface area contributed by atoms with E-state index in [0.717, 1.165) is 41.4 Å². The number of aromatic nitrogens is 4. The van der Waals surface area contributed by atoms with Crippen LogP contribution in [0.4, 0.5) is 5.82 Å². The van der Waals surface area contributed by atoms with Crippen molar-refractivity contribution in [3.63, 3.8) is 0 Å². The molecule has 4 aromatic rings. The number of nitrogens with one attached hydrogen (secondary N) is 1. The molecule has 0 spiro atoms. The summed E-state index contributed by atoms with van der Waals surface area (Å²) in [6.07, 6.45) is 2.73. The van der Waals surface area contributed by atoms with E-state index in [4.69, 9.17) is 16.1 Å². The van der Waals surface area contributed by atoms with E-state index in [1.807, 2.05) is 44.2 Å². The van der Waals surface area contributed by atoms with Crippen LogP contribution in [-0.2, 0) is 13.0 Å². The van der Waals surface area contributed by atoms with Crippen molar-refractivity contribution in [2.45, 2.75) is 32.7 Å². The third kappa shape index (κ3) is 2.94. The highest BCUT2D eigenvalue weighted by atomic mass is 35.5. The summed E-state index contributed by atoms with van der Waals surface area (Å²) in [4.78, 5) is 14.9. The fraction of sp³-hybridized carbons (Fsp3) is 0.286. The van der Waals surface area contributed by atoms with E-state index >= 15 is 0 Å². The minimum absolute atomic E-state index is 0.230. The van der Waals surface area contributed by atoms with Gasteiger partial charge in [0.2, 0.25) is 0 Å². The van der Waals surface area contributed by atoms with Gasteiger partial charge in [0.05, 0.1) is 0 Å². The molecule has 0 bridgehead atoms. The fourth-order valence-corrected chi connectivity index (χ4v) is 3.87. The Morgan fingerprint density at radius 2 is 2.11 bits per heavy atom. The summed E-state index contributed by atoms with van der Waals surface area (Å²) in [7, 11) is 0. The van der Waals surface area contributed by atoms with Gasteiger partial charge in [-0.05, 0) is 30.3 Å². The summed E-state index contributed by atoms with van der Waals surface area (Å²) >= 11 is 6.22. The first-order valence-electron chi connectivity index (χ1n) is 9.42. The number of aromatic amines is 1. The number of halogens is 1. The topological polar surface area (TPSA) is 70.8 Å². The molecular formula is C21H20ClN5O. The lowest BCUT2D eigenvalue weighted by atomic mass is 10.0. The first kappa shape index (κ1) is 17.3. The second kappa shape index (κ2) is 6.63. The average molecular weight is 394 g/mol. The summed E-state index contributed by atoms with van der Waals surface area (Å²) < 4.78 is 5.44. The monoisotopic (exact) mass is 393 g/mol. The van der Waals surface area contributed by atoms with Crippen molar-refractivity contribution in [1.29, 1.82) is 0 Å². The van der Waals surface area contributed by atoms with Crippen LogP contribution in [0.3, 0.4) is 0 Å². The van der Waals surface area contributed by atoms with Gasteiger partial charge in [0.15, 0.2) is 5.82 Å². The second-order valence-corrected chi connectivity index (χ2v) is 7.90. The summed E-state index contributed by atoms with van der Waals surface area (Å²) in [6, 6.07) is 9.92. The van der Waals surface area contributed by atoms with Crippen molar-refractivity contribution in [2.75, 3.05) is 11.4 Å². The Hall–Kier alpha value is -2.86. The Morgan fingerprint density at radius 3 is 2.93 bits per heavy atom. The maximum Gasteiger partial charge on any atom is 0.258 e. The van der Waals surface area contributed by atoms with Crippen LogP contribution < -0.4 is 4.90 Å². The van der Waals surface area contributed by atoms with Crippen molar-refractivity contribution in [3.8, 4) is 11.5 Å². The number of anilines is 1. The zero-order valence-corrected chi connectivity index (χ0v) is 16.5. The average Bonchev–Trinajstić information content (AvgIpc) is 3.33. The predicted octanol–water partition coefficient (Wildman–Crippen LogP) is 4.95. The number of rotatable bonds is 3. The van der Waals surface area contributed by atoms with Gasteiger partial charge in [-0.15, -0.1) is 0 Å². The van der Waals surface area contributed by atoms with Crippen LogP contribution >= 0.6 is 11.6 Å². The molecule has 6 nitrogen and oxygen atoms in total. The lowest BCUT2D eigenvalue weighted by Crippen LogP contribution is -2.30. The van der Waals surface area contributed by atoms with E-state index in [1.165, 1.54) is 16.6 Å². The highest BCUT2D eigenvalue weighted by Crippen LogP contribution is 2.32. The van der Waals surface area contributed by atoms with E-state index in [2.05, 4.69) is 25.0 Å². The lowest BCUT2D eigenvalue weighted by molar-refractivity contribution is 0.419. The third-order valence-electron chi connectivity index (χ3n) is 5.21. The molecule has 5 rings (SSSR count). The molecule has 0 aliphatic carbocycles. The molecule has 0 atom stereocenters. The SMILES string of the molecule is CC(C)c1noc(-c2ccnc(N3CCc4[nH]c5ccc(Cl)cc5c4C3)c2)n1. The highest BCUT2D eigenvalue weighted by molar-refractivity contribution is 6.31. The Balaban J connectivity index is 1.47. The Labute approximate surface area is 167 Å². The maximum absolute atomic E-state index is 6.22. The maximum atomic E-state index is 6.22. The van der Waals surface area contributed by atoms with Gasteiger partial charge in [-0.1, -0.05) is 30.6 Å². The van der Waals surface area contributed by atoms with Crippen molar-refractivity contribution >= 4 is 28.3 Å². The van der Waals surface area contributed by atoms with Crippen molar-refractivity contribution in [1.82, 2.24) is 20.1 Å². The van der Waals surface area contributed by atoms with Gasteiger partial charge in [0, 0.05) is 64.4 Å². The van der Waals surface area contributed by atoms with Crippen LogP contribution in [-0.4, -0.2) is 26.7 Å². The molecule has 0 amide bonds. The van der Waals surface area contributed by atoms with E-state index in [-0.39, 0.29) is 5.92 Å². The summed E-state index contributed by atoms with van der Waals surface area (Å²) in [5, 5.41) is 6.00. The largest absolute Gasteiger partial charge is 0.358 e. The molecule has 0 unspecified atom stereocenters. The fourth-order valence-electron chi connectivity index (χ4n) is 3.69. The normalized spacial score (nSPS) is 14.1. The van der Waals surface area contributed by atoms with E-state index < -0.39 is 0 Å². The molecule has 0 saturated heterocycles. The predicted molar refractivity (Wildman–Crippen MR) is 110 cm³/mol. The van der Waals surface area contributed by atoms with Gasteiger partial charge in [-0.2, -0.15) is 4.98 Å². The van der Waals surface area contributed by atoms with Crippen LogP contribution in [0.15, 0.2) is 41.1 Å². The number of hydrogen-bond acceptors (Lipinski definition) is 5. The lowest BCUT2D eigenvalue weighted by Gasteiger charge is -2.28. The Kier molecular flexibility index (Phi) is 4.09. The molecular weight excluding hydrogens is 374 g/mol. The smallest absolute Gasteiger partial charge is 0.258 e. The minimum Gasteiger partial charge on any atom is -0.358 e. The van der Waals surface area contributed by atoms with Gasteiger partial charge in [-0.3, -0.25) is 0 Å². The van der Waals surface area contributed by atoms with Crippen LogP contribution in [0, 0.1) is 0 Å². The number of hydrogen-bond donors (Lipinski definition) is 1. The summed E-state index contributed by atoms with van der Waals surface area (Å²) in [5.74, 6) is 2.38. The molecule has 1 N–H and O–H groups in total. The van der Waals surface area contributed by atoms with E-state index in [1.54, 1.807) is 6.20 Å². The summed E-state index contributed by atoms with van der Waals surface area (Å²) in [5.41, 5.74) is 4.58. The number of pyridine rings is 1. The molecule has 28 heavy (non-hydrogen) atoms. The molecule has 1 aromatic carbocycles. The molecule has 0 saturated carbocycles. The first-order chi connectivity index (χ1) is 13.6. The van der Waals surface area contributed by atoms with Gasteiger partial charge in [0.1, 0.15) is 5.82 Å². The Bertz CT molecular complexity index is 1160.